The molecule has 0 radical (unpaired) electrons. The molecule has 2 heteroatoms. The van der Waals surface area contributed by atoms with Crippen molar-refractivity contribution in [2.24, 2.45) is 5.41 Å². The van der Waals surface area contributed by atoms with Crippen LogP contribution in [0.1, 0.15) is 33.6 Å². The fraction of sp³-hybridized carbons (Fsp3) is 1.00. The number of rotatable bonds is 1. The van der Waals surface area contributed by atoms with E-state index in [0.29, 0.717) is 5.41 Å². The molecule has 66 valence electrons. The summed E-state index contributed by atoms with van der Waals surface area (Å²) in [5.74, 6) is 0. The van der Waals surface area contributed by atoms with Crippen LogP contribution in [-0.4, -0.2) is 24.6 Å². The molecule has 1 saturated heterocycles. The first-order chi connectivity index (χ1) is 4.99. The smallest absolute Gasteiger partial charge is 0.0258 e. The van der Waals surface area contributed by atoms with Gasteiger partial charge >= 0.3 is 0 Å². The van der Waals surface area contributed by atoms with Crippen molar-refractivity contribution in [1.29, 1.82) is 0 Å². The van der Waals surface area contributed by atoms with Crippen LogP contribution in [0, 0.1) is 5.41 Å². The predicted octanol–water partition coefficient (Wildman–Crippen LogP) is 1.63. The molecule has 0 bridgehead atoms. The summed E-state index contributed by atoms with van der Waals surface area (Å²) in [7, 11) is 2.14. The zero-order chi connectivity index (χ0) is 8.48. The first-order valence-electron chi connectivity index (χ1n) is 4.45. The van der Waals surface area contributed by atoms with Gasteiger partial charge in [-0.05, 0) is 18.3 Å². The summed E-state index contributed by atoms with van der Waals surface area (Å²) < 4.78 is 0. The summed E-state index contributed by atoms with van der Waals surface area (Å²) in [6.45, 7) is 8.06. The third-order valence-electron chi connectivity index (χ3n) is 2.23. The zero-order valence-electron chi connectivity index (χ0n) is 8.15. The molecule has 1 rings (SSSR count). The Labute approximate surface area is 69.9 Å². The van der Waals surface area contributed by atoms with Gasteiger partial charge in [0.25, 0.3) is 0 Å². The lowest BCUT2D eigenvalue weighted by molar-refractivity contribution is 0.182. The van der Waals surface area contributed by atoms with Gasteiger partial charge in [-0.25, -0.2) is 5.01 Å². The second-order valence-corrected chi connectivity index (χ2v) is 4.73. The summed E-state index contributed by atoms with van der Waals surface area (Å²) in [5, 5.41) is 2.26. The van der Waals surface area contributed by atoms with E-state index in [0.717, 1.165) is 12.6 Å². The number of nitrogens with one attached hydrogen (secondary N) is 1. The van der Waals surface area contributed by atoms with Gasteiger partial charge in [-0.2, -0.15) is 0 Å². The molecule has 11 heavy (non-hydrogen) atoms. The van der Waals surface area contributed by atoms with Gasteiger partial charge in [-0.3, -0.25) is 5.43 Å². The molecule has 0 spiro atoms. The van der Waals surface area contributed by atoms with Crippen LogP contribution < -0.4 is 5.43 Å². The van der Waals surface area contributed by atoms with Crippen molar-refractivity contribution in [2.75, 3.05) is 13.6 Å². The average Bonchev–Trinajstić information content (AvgIpc) is 2.12. The fourth-order valence-electron chi connectivity index (χ4n) is 1.68. The second kappa shape index (κ2) is 3.11. The molecule has 0 aromatic rings. The Kier molecular flexibility index (Phi) is 2.55. The van der Waals surface area contributed by atoms with Crippen LogP contribution in [0.5, 0.6) is 0 Å². The van der Waals surface area contributed by atoms with Crippen molar-refractivity contribution < 1.29 is 0 Å². The molecule has 1 aliphatic rings. The molecular weight excluding hydrogens is 136 g/mol. The lowest BCUT2D eigenvalue weighted by atomic mass is 9.87. The molecule has 1 atom stereocenters. The van der Waals surface area contributed by atoms with Gasteiger partial charge in [-0.1, -0.05) is 20.8 Å². The van der Waals surface area contributed by atoms with E-state index in [9.17, 15) is 0 Å². The highest BCUT2D eigenvalue weighted by atomic mass is 15.5. The maximum Gasteiger partial charge on any atom is 0.0258 e. The van der Waals surface area contributed by atoms with Crippen LogP contribution in [0.4, 0.5) is 0 Å². The molecule has 1 N–H and O–H groups in total. The zero-order valence-corrected chi connectivity index (χ0v) is 8.15. The van der Waals surface area contributed by atoms with Gasteiger partial charge in [0.05, 0.1) is 0 Å². The molecule has 0 aromatic heterocycles. The number of nitrogens with zero attached hydrogens (tertiary/aromatic N) is 1. The van der Waals surface area contributed by atoms with Crippen LogP contribution in [0.2, 0.25) is 0 Å². The molecule has 0 saturated carbocycles. The Morgan fingerprint density at radius 1 is 1.45 bits per heavy atom. The largest absolute Gasteiger partial charge is 0.255 e. The summed E-state index contributed by atoms with van der Waals surface area (Å²) >= 11 is 0. The summed E-state index contributed by atoms with van der Waals surface area (Å²) in [6, 6.07) is 0.745. The van der Waals surface area contributed by atoms with Crippen molar-refractivity contribution in [1.82, 2.24) is 10.4 Å². The van der Waals surface area contributed by atoms with Gasteiger partial charge in [0.2, 0.25) is 0 Å². The summed E-state index contributed by atoms with van der Waals surface area (Å²) in [4.78, 5) is 0. The predicted molar refractivity (Wildman–Crippen MR) is 48.2 cm³/mol. The highest BCUT2D eigenvalue weighted by Crippen LogP contribution is 2.25. The van der Waals surface area contributed by atoms with E-state index in [1.165, 1.54) is 12.8 Å². The molecule has 0 aliphatic carbocycles. The van der Waals surface area contributed by atoms with E-state index < -0.39 is 0 Å². The monoisotopic (exact) mass is 156 g/mol. The first-order valence-corrected chi connectivity index (χ1v) is 4.45. The normalized spacial score (nSPS) is 27.8. The van der Waals surface area contributed by atoms with Crippen LogP contribution in [0.25, 0.3) is 0 Å². The third kappa shape index (κ3) is 2.80. The van der Waals surface area contributed by atoms with E-state index in [2.05, 4.69) is 38.3 Å². The highest BCUT2D eigenvalue weighted by Gasteiger charge is 2.25. The minimum Gasteiger partial charge on any atom is -0.255 e. The van der Waals surface area contributed by atoms with Crippen molar-refractivity contribution in [3.63, 3.8) is 0 Å². The van der Waals surface area contributed by atoms with E-state index in [-0.39, 0.29) is 0 Å². The SMILES string of the molecule is CN1NCCC1CC(C)(C)C. The number of hydrogen-bond donors (Lipinski definition) is 1. The van der Waals surface area contributed by atoms with Gasteiger partial charge in [0.1, 0.15) is 0 Å². The third-order valence-corrected chi connectivity index (χ3v) is 2.23. The quantitative estimate of drug-likeness (QED) is 0.621. The Hall–Kier alpha value is -0.0800. The summed E-state index contributed by atoms with van der Waals surface area (Å²) in [5.41, 5.74) is 3.79. The van der Waals surface area contributed by atoms with Crippen LogP contribution >= 0.6 is 0 Å². The molecule has 1 aliphatic heterocycles. The Balaban J connectivity index is 2.37. The minimum atomic E-state index is 0.463. The molecule has 1 unspecified atom stereocenters. The minimum absolute atomic E-state index is 0.463. The Morgan fingerprint density at radius 2 is 2.09 bits per heavy atom. The summed E-state index contributed by atoms with van der Waals surface area (Å²) in [6.07, 6.45) is 2.59. The first kappa shape index (κ1) is 9.01. The van der Waals surface area contributed by atoms with Gasteiger partial charge in [-0.15, -0.1) is 0 Å². The van der Waals surface area contributed by atoms with E-state index >= 15 is 0 Å². The standard InChI is InChI=1S/C9H20N2/c1-9(2,3)7-8-5-6-10-11(8)4/h8,10H,5-7H2,1-4H3. The lowest BCUT2D eigenvalue weighted by Crippen LogP contribution is -2.35. The fourth-order valence-corrected chi connectivity index (χ4v) is 1.68. The number of hydrogen-bond acceptors (Lipinski definition) is 2. The van der Waals surface area contributed by atoms with E-state index in [4.69, 9.17) is 0 Å². The van der Waals surface area contributed by atoms with Crippen LogP contribution in [0.15, 0.2) is 0 Å². The maximum absolute atomic E-state index is 3.33. The van der Waals surface area contributed by atoms with Crippen LogP contribution in [-0.2, 0) is 0 Å². The van der Waals surface area contributed by atoms with Crippen molar-refractivity contribution >= 4 is 0 Å². The van der Waals surface area contributed by atoms with Gasteiger partial charge < -0.3 is 0 Å². The van der Waals surface area contributed by atoms with Crippen molar-refractivity contribution in [2.45, 2.75) is 39.7 Å². The Morgan fingerprint density at radius 3 is 2.45 bits per heavy atom. The van der Waals surface area contributed by atoms with Crippen molar-refractivity contribution in [3.05, 3.63) is 0 Å². The highest BCUT2D eigenvalue weighted by molar-refractivity contribution is 4.78. The molecular formula is C9H20N2. The number of hydrazine groups is 1. The molecule has 0 amide bonds. The van der Waals surface area contributed by atoms with Gasteiger partial charge in [0, 0.05) is 19.6 Å². The lowest BCUT2D eigenvalue weighted by Gasteiger charge is -2.26. The molecule has 1 fully saturated rings. The second-order valence-electron chi connectivity index (χ2n) is 4.73. The average molecular weight is 156 g/mol. The molecule has 0 aromatic carbocycles. The van der Waals surface area contributed by atoms with Crippen LogP contribution in [0.3, 0.4) is 0 Å². The maximum atomic E-state index is 3.33. The topological polar surface area (TPSA) is 15.3 Å². The Bertz CT molecular complexity index is 126. The van der Waals surface area contributed by atoms with Crippen molar-refractivity contribution in [3.8, 4) is 0 Å². The van der Waals surface area contributed by atoms with E-state index in [1.54, 1.807) is 0 Å². The molecule has 1 heterocycles. The molecule has 2 nitrogen and oxygen atoms in total. The van der Waals surface area contributed by atoms with Gasteiger partial charge in [0.15, 0.2) is 0 Å². The van der Waals surface area contributed by atoms with E-state index in [1.807, 2.05) is 0 Å².